The molecule has 12 nitrogen and oxygen atoms in total. The van der Waals surface area contributed by atoms with Crippen molar-refractivity contribution in [2.75, 3.05) is 51.0 Å². The lowest BCUT2D eigenvalue weighted by Gasteiger charge is -2.27. The molecule has 15 heteroatoms. The first-order valence-corrected chi connectivity index (χ1v) is 13.3. The van der Waals surface area contributed by atoms with Gasteiger partial charge in [-0.2, -0.15) is 4.72 Å². The highest BCUT2D eigenvalue weighted by Gasteiger charge is 2.31. The number of sulfonamides is 1. The summed E-state index contributed by atoms with van der Waals surface area (Å²) in [6.45, 7) is 2.00. The topological polar surface area (TPSA) is 169 Å². The molecule has 0 aliphatic heterocycles. The van der Waals surface area contributed by atoms with Gasteiger partial charge in [0.1, 0.15) is 12.6 Å². The highest BCUT2D eigenvalue weighted by atomic mass is 35.5. The maximum atomic E-state index is 13.4. The van der Waals surface area contributed by atoms with Crippen molar-refractivity contribution in [1.29, 1.82) is 0 Å². The number of amides is 1. The second kappa shape index (κ2) is 14.2. The van der Waals surface area contributed by atoms with Crippen LogP contribution < -0.4 is 15.8 Å². The Kier molecular flexibility index (Phi) is 11.7. The zero-order chi connectivity index (χ0) is 26.7. The molecule has 0 spiro atoms. The Morgan fingerprint density at radius 3 is 2.56 bits per heavy atom. The molecule has 200 valence electrons. The smallest absolute Gasteiger partial charge is 0.325 e. The summed E-state index contributed by atoms with van der Waals surface area (Å²) in [6, 6.07) is 1.08. The number of halogens is 2. The molecule has 0 fully saturated rings. The van der Waals surface area contributed by atoms with E-state index >= 15 is 0 Å². The minimum atomic E-state index is -4.25. The summed E-state index contributed by atoms with van der Waals surface area (Å²) in [7, 11) is -2.80. The highest BCUT2D eigenvalue weighted by molar-refractivity contribution is 7.89. The standard InChI is InChI=1S/C21H30Cl2N6O6S/c1-3-35-18(30)13-29(9-10-34-2)20(31)17(5-4-6-25-21-26-7-8-27-21)28-36(32,33)14-11-15(22)19(24)16(23)12-14/h7-8,11-12,17,28H,3-6,9-10,13,24H2,1-2H3,(H2,25,26,27)/t17-/m0/s1. The molecule has 0 unspecified atom stereocenters. The molecule has 0 aliphatic rings. The number of methoxy groups -OCH3 is 1. The van der Waals surface area contributed by atoms with Crippen molar-refractivity contribution in [3.8, 4) is 0 Å². The number of nitrogens with two attached hydrogens (primary N) is 1. The van der Waals surface area contributed by atoms with E-state index in [9.17, 15) is 18.0 Å². The quantitative estimate of drug-likeness (QED) is 0.143. The van der Waals surface area contributed by atoms with Gasteiger partial charge in [0, 0.05) is 32.6 Å². The summed E-state index contributed by atoms with van der Waals surface area (Å²) < 4.78 is 38.7. The van der Waals surface area contributed by atoms with E-state index in [4.69, 9.17) is 38.4 Å². The normalized spacial score (nSPS) is 12.2. The van der Waals surface area contributed by atoms with Crippen LogP contribution in [0, 0.1) is 0 Å². The van der Waals surface area contributed by atoms with Gasteiger partial charge in [-0.15, -0.1) is 0 Å². The van der Waals surface area contributed by atoms with Crippen LogP contribution in [0.2, 0.25) is 10.0 Å². The van der Waals surface area contributed by atoms with E-state index < -0.39 is 27.9 Å². The largest absolute Gasteiger partial charge is 0.465 e. The summed E-state index contributed by atoms with van der Waals surface area (Å²) in [6.07, 6.45) is 3.72. The Morgan fingerprint density at radius 2 is 1.97 bits per heavy atom. The molecule has 2 aromatic rings. The summed E-state index contributed by atoms with van der Waals surface area (Å²) in [5, 5.41) is 2.95. The van der Waals surface area contributed by atoms with Gasteiger partial charge in [0.05, 0.1) is 33.8 Å². The number of benzene rings is 1. The first-order chi connectivity index (χ1) is 17.1. The molecule has 0 saturated carbocycles. The van der Waals surface area contributed by atoms with Crippen LogP contribution in [0.5, 0.6) is 0 Å². The third-order valence-electron chi connectivity index (χ3n) is 4.92. The number of carbonyl (C=O) groups excluding carboxylic acids is 2. The lowest BCUT2D eigenvalue weighted by atomic mass is 10.1. The van der Waals surface area contributed by atoms with Crippen LogP contribution >= 0.6 is 23.2 Å². The fourth-order valence-corrected chi connectivity index (χ4v) is 5.02. The number of anilines is 2. The number of nitrogen functional groups attached to an aromatic ring is 1. The number of nitrogens with one attached hydrogen (secondary N) is 3. The van der Waals surface area contributed by atoms with Crippen LogP contribution in [0.1, 0.15) is 19.8 Å². The summed E-state index contributed by atoms with van der Waals surface area (Å²) in [5.41, 5.74) is 5.75. The zero-order valence-electron chi connectivity index (χ0n) is 19.9. The Hall–Kier alpha value is -2.58. The van der Waals surface area contributed by atoms with Crippen LogP contribution in [0.15, 0.2) is 29.4 Å². The molecule has 0 radical (unpaired) electrons. The van der Waals surface area contributed by atoms with E-state index in [0.29, 0.717) is 18.9 Å². The van der Waals surface area contributed by atoms with Gasteiger partial charge in [0.25, 0.3) is 0 Å². The number of aromatic nitrogens is 2. The molecule has 1 amide bonds. The van der Waals surface area contributed by atoms with Gasteiger partial charge in [-0.3, -0.25) is 9.59 Å². The van der Waals surface area contributed by atoms with Crippen molar-refractivity contribution in [2.24, 2.45) is 0 Å². The monoisotopic (exact) mass is 564 g/mol. The molecule has 1 aromatic heterocycles. The molecule has 0 saturated heterocycles. The third kappa shape index (κ3) is 8.82. The Morgan fingerprint density at radius 1 is 1.28 bits per heavy atom. The van der Waals surface area contributed by atoms with E-state index in [-0.39, 0.29) is 53.4 Å². The number of imidazole rings is 1. The average Bonchev–Trinajstić information content (AvgIpc) is 3.35. The van der Waals surface area contributed by atoms with Crippen LogP contribution in [0.3, 0.4) is 0 Å². The van der Waals surface area contributed by atoms with Gasteiger partial charge in [-0.1, -0.05) is 23.2 Å². The molecule has 1 atom stereocenters. The summed E-state index contributed by atoms with van der Waals surface area (Å²) >= 11 is 12.0. The second-order valence-corrected chi connectivity index (χ2v) is 10.1. The molecule has 0 aliphatic carbocycles. The number of aromatic amines is 1. The average molecular weight is 565 g/mol. The van der Waals surface area contributed by atoms with Gasteiger partial charge >= 0.3 is 5.97 Å². The maximum absolute atomic E-state index is 13.4. The number of rotatable bonds is 15. The number of hydrogen-bond donors (Lipinski definition) is 4. The Bertz CT molecular complexity index is 1090. The third-order valence-corrected chi connectivity index (χ3v) is 7.00. The van der Waals surface area contributed by atoms with Crippen LogP contribution in [0.25, 0.3) is 0 Å². The highest BCUT2D eigenvalue weighted by Crippen LogP contribution is 2.30. The van der Waals surface area contributed by atoms with Gasteiger partial charge in [-0.25, -0.2) is 13.4 Å². The Balaban J connectivity index is 2.26. The molecule has 36 heavy (non-hydrogen) atoms. The first kappa shape index (κ1) is 29.6. The molecule has 1 heterocycles. The van der Waals surface area contributed by atoms with E-state index in [1.54, 1.807) is 19.3 Å². The molecular weight excluding hydrogens is 535 g/mol. The van der Waals surface area contributed by atoms with Crippen molar-refractivity contribution in [3.63, 3.8) is 0 Å². The second-order valence-electron chi connectivity index (χ2n) is 7.54. The molecule has 5 N–H and O–H groups in total. The van der Waals surface area contributed by atoms with Gasteiger partial charge in [0.2, 0.25) is 15.9 Å². The molecule has 0 bridgehead atoms. The van der Waals surface area contributed by atoms with E-state index in [1.165, 1.54) is 12.0 Å². The van der Waals surface area contributed by atoms with E-state index in [1.807, 2.05) is 0 Å². The predicted octanol–water partition coefficient (Wildman–Crippen LogP) is 1.88. The van der Waals surface area contributed by atoms with Crippen molar-refractivity contribution in [1.82, 2.24) is 19.6 Å². The maximum Gasteiger partial charge on any atom is 0.325 e. The van der Waals surface area contributed by atoms with Gasteiger partial charge in [-0.05, 0) is 31.9 Å². The fraction of sp³-hybridized carbons (Fsp3) is 0.476. The van der Waals surface area contributed by atoms with Crippen molar-refractivity contribution in [2.45, 2.75) is 30.7 Å². The van der Waals surface area contributed by atoms with Gasteiger partial charge in [0.15, 0.2) is 5.95 Å². The minimum absolute atomic E-state index is 0.0362. The Labute approximate surface area is 219 Å². The predicted molar refractivity (Wildman–Crippen MR) is 136 cm³/mol. The van der Waals surface area contributed by atoms with Crippen molar-refractivity contribution >= 4 is 56.7 Å². The lowest BCUT2D eigenvalue weighted by Crippen LogP contribution is -2.51. The zero-order valence-corrected chi connectivity index (χ0v) is 22.3. The lowest BCUT2D eigenvalue weighted by molar-refractivity contribution is -0.149. The molecular formula is C21H30Cl2N6O6S. The van der Waals surface area contributed by atoms with Crippen LogP contribution in [-0.4, -0.2) is 81.2 Å². The summed E-state index contributed by atoms with van der Waals surface area (Å²) in [5.74, 6) is -0.705. The van der Waals surface area contributed by atoms with E-state index in [2.05, 4.69) is 20.0 Å². The van der Waals surface area contributed by atoms with Crippen molar-refractivity contribution in [3.05, 3.63) is 34.6 Å². The first-order valence-electron chi connectivity index (χ1n) is 11.0. The number of esters is 1. The number of carbonyl (C=O) groups is 2. The van der Waals surface area contributed by atoms with Crippen LogP contribution in [-0.2, 0) is 29.1 Å². The number of nitrogens with zero attached hydrogens (tertiary/aromatic N) is 2. The molecule has 2 rings (SSSR count). The minimum Gasteiger partial charge on any atom is -0.465 e. The number of H-pyrrole nitrogens is 1. The number of ether oxygens (including phenoxy) is 2. The van der Waals surface area contributed by atoms with Gasteiger partial charge < -0.3 is 30.4 Å². The fourth-order valence-electron chi connectivity index (χ4n) is 3.13. The van der Waals surface area contributed by atoms with Crippen LogP contribution in [0.4, 0.5) is 11.6 Å². The van der Waals surface area contributed by atoms with Crippen molar-refractivity contribution < 1.29 is 27.5 Å². The van der Waals surface area contributed by atoms with E-state index in [0.717, 1.165) is 12.1 Å². The molecule has 1 aromatic carbocycles. The SMILES string of the molecule is CCOC(=O)CN(CCOC)C(=O)[C@H](CCCNc1ncc[nH]1)NS(=O)(=O)c1cc(Cl)c(N)c(Cl)c1. The number of hydrogen-bond acceptors (Lipinski definition) is 9. The summed E-state index contributed by atoms with van der Waals surface area (Å²) in [4.78, 5) is 33.4.